The summed E-state index contributed by atoms with van der Waals surface area (Å²) >= 11 is 0. The van der Waals surface area contributed by atoms with E-state index in [9.17, 15) is 13.2 Å². The molecule has 0 aliphatic heterocycles. The molecule has 0 unspecified atom stereocenters. The topological polar surface area (TPSA) is 105 Å². The zero-order valence-corrected chi connectivity index (χ0v) is 15.4. The molecule has 134 valence electrons. The predicted octanol–water partition coefficient (Wildman–Crippen LogP) is 1.82. The van der Waals surface area contributed by atoms with Gasteiger partial charge in [-0.2, -0.15) is 5.10 Å². The van der Waals surface area contributed by atoms with Gasteiger partial charge in [0, 0.05) is 6.26 Å². The van der Waals surface area contributed by atoms with Crippen LogP contribution < -0.4 is 5.32 Å². The van der Waals surface area contributed by atoms with Crippen molar-refractivity contribution in [3.05, 3.63) is 41.5 Å². The predicted molar refractivity (Wildman–Crippen MR) is 92.8 cm³/mol. The monoisotopic (exact) mass is 362 g/mol. The van der Waals surface area contributed by atoms with Crippen molar-refractivity contribution in [1.29, 1.82) is 0 Å². The van der Waals surface area contributed by atoms with E-state index in [0.29, 0.717) is 11.6 Å². The minimum absolute atomic E-state index is 0.0687. The number of nitrogens with zero attached hydrogens (tertiary/aromatic N) is 2. The lowest BCUT2D eigenvalue weighted by molar-refractivity contribution is -0.130. The van der Waals surface area contributed by atoms with Crippen LogP contribution in [-0.4, -0.2) is 35.8 Å². The van der Waals surface area contributed by atoms with Crippen molar-refractivity contribution < 1.29 is 13.2 Å². The molecule has 1 amide bonds. The summed E-state index contributed by atoms with van der Waals surface area (Å²) in [6.45, 7) is 3.65. The Bertz CT molecular complexity index is 883. The van der Waals surface area contributed by atoms with Crippen molar-refractivity contribution in [2.45, 2.75) is 49.5 Å². The molecule has 0 saturated heterocycles. The van der Waals surface area contributed by atoms with Crippen molar-refractivity contribution in [3.63, 3.8) is 0 Å². The minimum Gasteiger partial charge on any atom is -0.346 e. The van der Waals surface area contributed by atoms with Gasteiger partial charge in [-0.1, -0.05) is 18.6 Å². The first kappa shape index (κ1) is 17.6. The van der Waals surface area contributed by atoms with Gasteiger partial charge in [0.15, 0.2) is 15.7 Å². The molecule has 1 aliphatic rings. The Labute approximate surface area is 147 Å². The number of benzene rings is 1. The number of sulfone groups is 1. The molecule has 0 radical (unpaired) electrons. The van der Waals surface area contributed by atoms with Gasteiger partial charge in [-0.15, -0.1) is 0 Å². The summed E-state index contributed by atoms with van der Waals surface area (Å²) in [5.74, 6) is 1.18. The first-order chi connectivity index (χ1) is 11.7. The van der Waals surface area contributed by atoms with Crippen molar-refractivity contribution in [2.75, 3.05) is 6.26 Å². The van der Waals surface area contributed by atoms with Crippen molar-refractivity contribution in [3.8, 4) is 0 Å². The lowest BCUT2D eigenvalue weighted by Crippen LogP contribution is -2.49. The SMILES string of the molecule is Cc1nc([C@@H](C)NC(=O)C2(c3ccc(S(C)(=O)=O)cc3)CCC2)n[nH]1. The van der Waals surface area contributed by atoms with Crippen LogP contribution in [0.3, 0.4) is 0 Å². The van der Waals surface area contributed by atoms with Crippen LogP contribution in [0.15, 0.2) is 29.2 Å². The highest BCUT2D eigenvalue weighted by Crippen LogP contribution is 2.44. The third kappa shape index (κ3) is 3.30. The largest absolute Gasteiger partial charge is 0.346 e. The smallest absolute Gasteiger partial charge is 0.231 e. The number of aryl methyl sites for hydroxylation is 1. The minimum atomic E-state index is -3.25. The first-order valence-electron chi connectivity index (χ1n) is 8.23. The second kappa shape index (κ2) is 6.25. The van der Waals surface area contributed by atoms with Gasteiger partial charge in [0.05, 0.1) is 16.4 Å². The highest BCUT2D eigenvalue weighted by molar-refractivity contribution is 7.90. The Kier molecular flexibility index (Phi) is 4.40. The van der Waals surface area contributed by atoms with E-state index in [0.717, 1.165) is 24.8 Å². The van der Waals surface area contributed by atoms with Crippen LogP contribution in [-0.2, 0) is 20.0 Å². The summed E-state index contributed by atoms with van der Waals surface area (Å²) in [7, 11) is -3.25. The standard InChI is InChI=1S/C17H22N4O3S/c1-11(15-19-12(2)20-21-15)18-16(22)17(9-4-10-17)13-5-7-14(8-6-13)25(3,23)24/h5-8,11H,4,9-10H2,1-3H3,(H,18,22)(H,19,20,21)/t11-/m1/s1. The van der Waals surface area contributed by atoms with Crippen LogP contribution in [0.4, 0.5) is 0 Å². The molecular weight excluding hydrogens is 340 g/mol. The maximum atomic E-state index is 12.9. The molecule has 7 nitrogen and oxygen atoms in total. The fraction of sp³-hybridized carbons (Fsp3) is 0.471. The average Bonchev–Trinajstić information content (AvgIpc) is 2.92. The van der Waals surface area contributed by atoms with Crippen molar-refractivity contribution in [1.82, 2.24) is 20.5 Å². The fourth-order valence-corrected chi connectivity index (χ4v) is 3.78. The van der Waals surface area contributed by atoms with Crippen LogP contribution in [0, 0.1) is 6.92 Å². The third-order valence-electron chi connectivity index (χ3n) is 4.83. The van der Waals surface area contributed by atoms with Gasteiger partial charge >= 0.3 is 0 Å². The Balaban J connectivity index is 1.81. The molecule has 1 atom stereocenters. The van der Waals surface area contributed by atoms with E-state index in [1.54, 1.807) is 24.3 Å². The quantitative estimate of drug-likeness (QED) is 0.844. The normalized spacial score (nSPS) is 17.6. The Morgan fingerprint density at radius 1 is 1.28 bits per heavy atom. The van der Waals surface area contributed by atoms with Gasteiger partial charge < -0.3 is 5.32 Å². The van der Waals surface area contributed by atoms with Gasteiger partial charge in [0.25, 0.3) is 0 Å². The molecule has 0 bridgehead atoms. The van der Waals surface area contributed by atoms with Crippen LogP contribution >= 0.6 is 0 Å². The summed E-state index contributed by atoms with van der Waals surface area (Å²) in [6.07, 6.45) is 3.64. The molecule has 1 aliphatic carbocycles. The molecule has 2 aromatic rings. The number of amides is 1. The molecule has 1 saturated carbocycles. The summed E-state index contributed by atoms with van der Waals surface area (Å²) in [5.41, 5.74) is 0.248. The Morgan fingerprint density at radius 2 is 1.92 bits per heavy atom. The zero-order valence-electron chi connectivity index (χ0n) is 14.5. The van der Waals surface area contributed by atoms with Gasteiger partial charge in [-0.25, -0.2) is 13.4 Å². The molecule has 0 spiro atoms. The van der Waals surface area contributed by atoms with Gasteiger partial charge in [0.2, 0.25) is 5.91 Å². The number of aromatic amines is 1. The van der Waals surface area contributed by atoms with E-state index in [1.165, 1.54) is 6.26 Å². The van der Waals surface area contributed by atoms with Crippen LogP contribution in [0.1, 0.15) is 49.4 Å². The number of H-pyrrole nitrogens is 1. The average molecular weight is 362 g/mol. The Morgan fingerprint density at radius 3 is 2.36 bits per heavy atom. The third-order valence-corrected chi connectivity index (χ3v) is 5.95. The highest BCUT2D eigenvalue weighted by Gasteiger charge is 2.46. The zero-order chi connectivity index (χ0) is 18.2. The number of aromatic nitrogens is 3. The highest BCUT2D eigenvalue weighted by atomic mass is 32.2. The number of carbonyl (C=O) groups is 1. The summed E-state index contributed by atoms with van der Waals surface area (Å²) in [6, 6.07) is 6.33. The van der Waals surface area contributed by atoms with Crippen molar-refractivity contribution >= 4 is 15.7 Å². The van der Waals surface area contributed by atoms with Crippen molar-refractivity contribution in [2.24, 2.45) is 0 Å². The summed E-state index contributed by atoms with van der Waals surface area (Å²) in [4.78, 5) is 17.4. The number of rotatable bonds is 5. The molecule has 8 heteroatoms. The molecule has 1 aromatic heterocycles. The van der Waals surface area contributed by atoms with Gasteiger partial charge in [-0.3, -0.25) is 9.89 Å². The summed E-state index contributed by atoms with van der Waals surface area (Å²) < 4.78 is 23.2. The van der Waals surface area contributed by atoms with E-state index in [2.05, 4.69) is 20.5 Å². The number of carbonyl (C=O) groups excluding carboxylic acids is 1. The second-order valence-corrected chi connectivity index (χ2v) is 8.72. The maximum Gasteiger partial charge on any atom is 0.231 e. The maximum absolute atomic E-state index is 12.9. The van der Waals surface area contributed by atoms with E-state index < -0.39 is 15.3 Å². The van der Waals surface area contributed by atoms with E-state index in [4.69, 9.17) is 0 Å². The van der Waals surface area contributed by atoms with E-state index in [1.807, 2.05) is 13.8 Å². The lowest BCUT2D eigenvalue weighted by atomic mass is 9.63. The molecule has 1 heterocycles. The molecule has 25 heavy (non-hydrogen) atoms. The van der Waals surface area contributed by atoms with Crippen LogP contribution in [0.2, 0.25) is 0 Å². The molecule has 1 aromatic carbocycles. The van der Waals surface area contributed by atoms with E-state index >= 15 is 0 Å². The van der Waals surface area contributed by atoms with E-state index in [-0.39, 0.29) is 16.8 Å². The van der Waals surface area contributed by atoms with Crippen LogP contribution in [0.25, 0.3) is 0 Å². The van der Waals surface area contributed by atoms with Gasteiger partial charge in [-0.05, 0) is 44.4 Å². The molecule has 3 rings (SSSR count). The molecule has 1 fully saturated rings. The van der Waals surface area contributed by atoms with Gasteiger partial charge in [0.1, 0.15) is 5.82 Å². The number of hydrogen-bond donors (Lipinski definition) is 2. The van der Waals surface area contributed by atoms with Crippen LogP contribution in [0.5, 0.6) is 0 Å². The number of nitrogens with one attached hydrogen (secondary N) is 2. The summed E-state index contributed by atoms with van der Waals surface area (Å²) in [5, 5.41) is 9.85. The molecule has 2 N–H and O–H groups in total. The number of hydrogen-bond acceptors (Lipinski definition) is 5. The fourth-order valence-electron chi connectivity index (χ4n) is 3.15. The second-order valence-electron chi connectivity index (χ2n) is 6.71. The lowest BCUT2D eigenvalue weighted by Gasteiger charge is -2.41. The Hall–Kier alpha value is -2.22. The first-order valence-corrected chi connectivity index (χ1v) is 10.1. The molecular formula is C17H22N4O3S.